The highest BCUT2D eigenvalue weighted by Gasteiger charge is 2.12. The van der Waals surface area contributed by atoms with Crippen LogP contribution in [-0.4, -0.2) is 11.2 Å². The highest BCUT2D eigenvalue weighted by Crippen LogP contribution is 2.16. The summed E-state index contributed by atoms with van der Waals surface area (Å²) in [6.07, 6.45) is 6.48. The van der Waals surface area contributed by atoms with Gasteiger partial charge in [-0.05, 0) is 25.1 Å². The molecule has 0 unspecified atom stereocenters. The first-order valence-electron chi connectivity index (χ1n) is 3.85. The number of hydrogen-bond donors (Lipinski definition) is 2. The lowest BCUT2D eigenvalue weighted by molar-refractivity contribution is 0.414. The zero-order chi connectivity index (χ0) is 7.40. The fraction of sp³-hybridized carbons (Fsp3) is 0.857. The molecular weight excluding hydrogens is 144 g/mol. The van der Waals surface area contributed by atoms with Crippen molar-refractivity contribution in [3.05, 3.63) is 0 Å². The minimum absolute atomic E-state index is 0. The first-order valence-corrected chi connectivity index (χ1v) is 4.26. The van der Waals surface area contributed by atoms with E-state index in [4.69, 9.17) is 18.0 Å². The van der Waals surface area contributed by atoms with Crippen LogP contribution < -0.4 is 11.1 Å². The topological polar surface area (TPSA) is 38.0 Å². The third-order valence-electron chi connectivity index (χ3n) is 1.95. The van der Waals surface area contributed by atoms with E-state index in [0.29, 0.717) is 11.2 Å². The third kappa shape index (κ3) is 2.52. The van der Waals surface area contributed by atoms with Crippen LogP contribution in [0.5, 0.6) is 0 Å². The molecule has 0 aromatic heterocycles. The molecule has 3 heteroatoms. The van der Waals surface area contributed by atoms with E-state index in [2.05, 4.69) is 5.32 Å². The van der Waals surface area contributed by atoms with E-state index in [1.54, 1.807) is 0 Å². The molecule has 0 saturated heterocycles. The van der Waals surface area contributed by atoms with Crippen molar-refractivity contribution >= 4 is 17.3 Å². The predicted molar refractivity (Wildman–Crippen MR) is 51.0 cm³/mol. The molecule has 0 spiro atoms. The summed E-state index contributed by atoms with van der Waals surface area (Å²) in [5.41, 5.74) is 5.34. The third-order valence-corrected chi connectivity index (χ3v) is 2.07. The van der Waals surface area contributed by atoms with E-state index in [-0.39, 0.29) is 2.85 Å². The van der Waals surface area contributed by atoms with Crippen molar-refractivity contribution in [3.63, 3.8) is 0 Å². The zero-order valence-corrected chi connectivity index (χ0v) is 6.91. The smallest absolute Gasteiger partial charge is 0.163 e. The lowest BCUT2D eigenvalue weighted by atomic mass is 9.96. The summed E-state index contributed by atoms with van der Waals surface area (Å²) in [7, 11) is 0. The standard InChI is InChI=1S/C7H14N2S.2H2/c8-7(10)9-6-4-2-1-3-5-6;;/h6H,1-5H2,(H3,8,9,10);2*1H. The Morgan fingerprint density at radius 1 is 1.40 bits per heavy atom. The van der Waals surface area contributed by atoms with Crippen LogP contribution in [0.2, 0.25) is 0 Å². The van der Waals surface area contributed by atoms with Gasteiger partial charge in [0.05, 0.1) is 0 Å². The molecule has 1 aliphatic carbocycles. The van der Waals surface area contributed by atoms with E-state index in [1.165, 1.54) is 32.1 Å². The fourth-order valence-electron chi connectivity index (χ4n) is 1.45. The molecule has 1 rings (SSSR count). The van der Waals surface area contributed by atoms with Crippen molar-refractivity contribution < 1.29 is 2.85 Å². The number of rotatable bonds is 1. The quantitative estimate of drug-likeness (QED) is 0.576. The van der Waals surface area contributed by atoms with Crippen LogP contribution in [0.3, 0.4) is 0 Å². The SMILES string of the molecule is NC(=S)NC1CCCCC1.[HH].[HH]. The Morgan fingerprint density at radius 2 is 2.00 bits per heavy atom. The first-order chi connectivity index (χ1) is 4.79. The molecule has 62 valence electrons. The second-order valence-electron chi connectivity index (χ2n) is 2.84. The molecule has 1 aliphatic rings. The fourth-order valence-corrected chi connectivity index (χ4v) is 1.61. The summed E-state index contributed by atoms with van der Waals surface area (Å²) in [5.74, 6) is 0. The minimum atomic E-state index is 0. The Hall–Kier alpha value is -0.310. The second kappa shape index (κ2) is 3.76. The number of hydrogen-bond acceptors (Lipinski definition) is 1. The molecule has 2 nitrogen and oxygen atoms in total. The van der Waals surface area contributed by atoms with Crippen LogP contribution in [-0.2, 0) is 0 Å². The largest absolute Gasteiger partial charge is 0.376 e. The summed E-state index contributed by atoms with van der Waals surface area (Å²) in [6, 6.07) is 0.561. The number of nitrogens with one attached hydrogen (secondary N) is 1. The summed E-state index contributed by atoms with van der Waals surface area (Å²) in [5, 5.41) is 3.54. The molecule has 0 radical (unpaired) electrons. The van der Waals surface area contributed by atoms with Gasteiger partial charge in [0, 0.05) is 8.90 Å². The Balaban J connectivity index is 0. The Labute approximate surface area is 70.1 Å². The second-order valence-corrected chi connectivity index (χ2v) is 3.28. The van der Waals surface area contributed by atoms with Crippen molar-refractivity contribution in [2.45, 2.75) is 38.1 Å². The van der Waals surface area contributed by atoms with Gasteiger partial charge in [-0.1, -0.05) is 19.3 Å². The van der Waals surface area contributed by atoms with Crippen LogP contribution in [0.15, 0.2) is 0 Å². The van der Waals surface area contributed by atoms with Crippen molar-refractivity contribution in [2.75, 3.05) is 0 Å². The average molecular weight is 162 g/mol. The van der Waals surface area contributed by atoms with Gasteiger partial charge in [-0.25, -0.2) is 0 Å². The molecule has 1 fully saturated rings. The number of nitrogens with two attached hydrogens (primary N) is 1. The van der Waals surface area contributed by atoms with Crippen molar-refractivity contribution in [1.29, 1.82) is 0 Å². The maximum atomic E-state index is 5.34. The summed E-state index contributed by atoms with van der Waals surface area (Å²) in [4.78, 5) is 0. The van der Waals surface area contributed by atoms with Crippen LogP contribution in [0, 0.1) is 0 Å². The van der Waals surface area contributed by atoms with Crippen molar-refractivity contribution in [3.8, 4) is 0 Å². The average Bonchev–Trinajstić information content (AvgIpc) is 1.88. The first kappa shape index (κ1) is 7.79. The molecule has 0 amide bonds. The Bertz CT molecular complexity index is 127. The van der Waals surface area contributed by atoms with Gasteiger partial charge < -0.3 is 11.1 Å². The molecular formula is C7H18N2S. The molecule has 0 heterocycles. The molecule has 0 aromatic rings. The molecule has 0 atom stereocenters. The molecule has 0 aromatic carbocycles. The van der Waals surface area contributed by atoms with Gasteiger partial charge in [-0.2, -0.15) is 0 Å². The van der Waals surface area contributed by atoms with Gasteiger partial charge >= 0.3 is 0 Å². The van der Waals surface area contributed by atoms with Gasteiger partial charge in [0.2, 0.25) is 0 Å². The molecule has 1 saturated carbocycles. The van der Waals surface area contributed by atoms with E-state index >= 15 is 0 Å². The molecule has 0 bridgehead atoms. The summed E-state index contributed by atoms with van der Waals surface area (Å²) >= 11 is 4.74. The predicted octanol–water partition coefficient (Wildman–Crippen LogP) is 1.64. The Kier molecular flexibility index (Phi) is 2.93. The Morgan fingerprint density at radius 3 is 2.50 bits per heavy atom. The lowest BCUT2D eigenvalue weighted by Crippen LogP contribution is -2.39. The monoisotopic (exact) mass is 162 g/mol. The lowest BCUT2D eigenvalue weighted by Gasteiger charge is -2.22. The van der Waals surface area contributed by atoms with Crippen molar-refractivity contribution in [2.24, 2.45) is 5.73 Å². The van der Waals surface area contributed by atoms with E-state index in [9.17, 15) is 0 Å². The summed E-state index contributed by atoms with van der Waals surface area (Å²) in [6.45, 7) is 0. The molecule has 3 N–H and O–H groups in total. The van der Waals surface area contributed by atoms with E-state index < -0.39 is 0 Å². The zero-order valence-electron chi connectivity index (χ0n) is 6.10. The number of thiocarbonyl (C=S) groups is 1. The van der Waals surface area contributed by atoms with Gasteiger partial charge in [0.15, 0.2) is 5.11 Å². The highest BCUT2D eigenvalue weighted by molar-refractivity contribution is 7.80. The molecule has 10 heavy (non-hydrogen) atoms. The van der Waals surface area contributed by atoms with E-state index in [0.717, 1.165) is 0 Å². The van der Waals surface area contributed by atoms with Crippen LogP contribution in [0.25, 0.3) is 0 Å². The van der Waals surface area contributed by atoms with Gasteiger partial charge in [-0.15, -0.1) is 0 Å². The van der Waals surface area contributed by atoms with Crippen LogP contribution in [0.4, 0.5) is 0 Å². The maximum absolute atomic E-state index is 5.34. The van der Waals surface area contributed by atoms with Crippen LogP contribution in [0.1, 0.15) is 35.0 Å². The summed E-state index contributed by atoms with van der Waals surface area (Å²) < 4.78 is 0. The van der Waals surface area contributed by atoms with E-state index in [1.807, 2.05) is 0 Å². The van der Waals surface area contributed by atoms with Crippen molar-refractivity contribution in [1.82, 2.24) is 5.32 Å². The van der Waals surface area contributed by atoms with Gasteiger partial charge in [0.25, 0.3) is 0 Å². The highest BCUT2D eigenvalue weighted by atomic mass is 32.1. The minimum Gasteiger partial charge on any atom is -0.376 e. The van der Waals surface area contributed by atoms with Gasteiger partial charge in [0.1, 0.15) is 0 Å². The normalized spacial score (nSPS) is 20.4. The van der Waals surface area contributed by atoms with Gasteiger partial charge in [-0.3, -0.25) is 0 Å². The molecule has 0 aliphatic heterocycles. The maximum Gasteiger partial charge on any atom is 0.163 e. The van der Waals surface area contributed by atoms with Crippen LogP contribution >= 0.6 is 12.2 Å².